The van der Waals surface area contributed by atoms with E-state index in [4.69, 9.17) is 0 Å². The summed E-state index contributed by atoms with van der Waals surface area (Å²) in [7, 11) is 0. The minimum absolute atomic E-state index is 0.667. The van der Waals surface area contributed by atoms with Crippen molar-refractivity contribution in [3.63, 3.8) is 0 Å². The van der Waals surface area contributed by atoms with Crippen molar-refractivity contribution in [1.82, 2.24) is 9.80 Å². The second kappa shape index (κ2) is 0.847. The highest BCUT2D eigenvalue weighted by Crippen LogP contribution is 2.49. The van der Waals surface area contributed by atoms with E-state index in [9.17, 15) is 0 Å². The van der Waals surface area contributed by atoms with Crippen molar-refractivity contribution >= 4 is 0 Å². The lowest BCUT2D eigenvalue weighted by Gasteiger charge is -2.36. The van der Waals surface area contributed by atoms with Crippen LogP contribution in [0.15, 0.2) is 0 Å². The second-order valence-corrected chi connectivity index (χ2v) is 3.14. The van der Waals surface area contributed by atoms with E-state index in [2.05, 4.69) is 9.80 Å². The first kappa shape index (κ1) is 3.85. The van der Waals surface area contributed by atoms with E-state index in [1.54, 1.807) is 0 Å². The molecule has 0 aliphatic carbocycles. The minimum Gasteiger partial charge on any atom is -0.283 e. The second-order valence-electron chi connectivity index (χ2n) is 3.14. The SMILES string of the molecule is C1CN2CC23CCN13. The molecule has 2 atom stereocenters. The summed E-state index contributed by atoms with van der Waals surface area (Å²) in [6.45, 7) is 5.45. The van der Waals surface area contributed by atoms with Crippen molar-refractivity contribution in [2.24, 2.45) is 0 Å². The molecule has 3 heterocycles. The van der Waals surface area contributed by atoms with Crippen LogP contribution in [0, 0.1) is 0 Å². The standard InChI is InChI=1S/C6H10N2/c1-2-7-3-4-8-5-6(1,7)8/h1-5H2. The van der Waals surface area contributed by atoms with E-state index >= 15 is 0 Å². The molecule has 3 saturated heterocycles. The molecule has 2 nitrogen and oxygen atoms in total. The summed E-state index contributed by atoms with van der Waals surface area (Å²) in [5.74, 6) is 0. The quantitative estimate of drug-likeness (QED) is 0.395. The Balaban J connectivity index is 2.02. The molecule has 1 spiro atoms. The van der Waals surface area contributed by atoms with Crippen molar-refractivity contribution in [2.45, 2.75) is 12.1 Å². The van der Waals surface area contributed by atoms with Crippen LogP contribution in [0.5, 0.6) is 0 Å². The number of piperazine rings is 1. The molecule has 8 heavy (non-hydrogen) atoms. The van der Waals surface area contributed by atoms with E-state index in [-0.39, 0.29) is 0 Å². The first-order valence-electron chi connectivity index (χ1n) is 3.42. The highest BCUT2D eigenvalue weighted by atomic mass is 15.6. The van der Waals surface area contributed by atoms with Gasteiger partial charge in [-0.25, -0.2) is 0 Å². The number of rotatable bonds is 0. The number of hydrogen-bond acceptors (Lipinski definition) is 2. The zero-order valence-electron chi connectivity index (χ0n) is 4.93. The molecule has 0 amide bonds. The van der Waals surface area contributed by atoms with Crippen LogP contribution >= 0.6 is 0 Å². The molecule has 0 aromatic rings. The summed E-state index contributed by atoms with van der Waals surface area (Å²) in [5.41, 5.74) is 0.667. The minimum atomic E-state index is 0.667. The Labute approximate surface area is 49.1 Å². The summed E-state index contributed by atoms with van der Waals surface area (Å²) in [4.78, 5) is 5.18. The fourth-order valence-corrected chi connectivity index (χ4v) is 2.18. The van der Waals surface area contributed by atoms with Gasteiger partial charge in [0, 0.05) is 26.2 Å². The van der Waals surface area contributed by atoms with Gasteiger partial charge < -0.3 is 0 Å². The summed E-state index contributed by atoms with van der Waals surface area (Å²) < 4.78 is 0. The topological polar surface area (TPSA) is 6.25 Å². The average molecular weight is 110 g/mol. The van der Waals surface area contributed by atoms with E-state index in [1.165, 1.54) is 32.6 Å². The van der Waals surface area contributed by atoms with Crippen LogP contribution in [0.4, 0.5) is 0 Å². The molecule has 3 rings (SSSR count). The predicted octanol–water partition coefficient (Wildman–Crippen LogP) is -0.282. The van der Waals surface area contributed by atoms with Gasteiger partial charge in [-0.1, -0.05) is 0 Å². The van der Waals surface area contributed by atoms with Crippen LogP contribution in [0.2, 0.25) is 0 Å². The molecule has 2 heteroatoms. The van der Waals surface area contributed by atoms with Gasteiger partial charge in [-0.15, -0.1) is 0 Å². The highest BCUT2D eigenvalue weighted by Gasteiger charge is 2.64. The van der Waals surface area contributed by atoms with E-state index in [0.29, 0.717) is 5.66 Å². The summed E-state index contributed by atoms with van der Waals surface area (Å²) in [5, 5.41) is 0. The molecule has 3 fully saturated rings. The molecule has 3 aliphatic heterocycles. The van der Waals surface area contributed by atoms with E-state index < -0.39 is 0 Å². The van der Waals surface area contributed by atoms with Crippen LogP contribution in [0.1, 0.15) is 6.42 Å². The van der Waals surface area contributed by atoms with Gasteiger partial charge in [-0.2, -0.15) is 0 Å². The molecule has 0 saturated carbocycles. The molecule has 0 aromatic heterocycles. The fourth-order valence-electron chi connectivity index (χ4n) is 2.18. The number of hydrogen-bond donors (Lipinski definition) is 0. The van der Waals surface area contributed by atoms with Crippen molar-refractivity contribution in [3.8, 4) is 0 Å². The maximum atomic E-state index is 2.60. The van der Waals surface area contributed by atoms with Gasteiger partial charge in [0.2, 0.25) is 0 Å². The van der Waals surface area contributed by atoms with E-state index in [1.807, 2.05) is 0 Å². The molecule has 3 aliphatic rings. The van der Waals surface area contributed by atoms with Gasteiger partial charge in [-0.3, -0.25) is 9.80 Å². The molecule has 0 radical (unpaired) electrons. The third-order valence-corrected chi connectivity index (χ3v) is 2.94. The molecule has 0 N–H and O–H groups in total. The average Bonchev–Trinajstić information content (AvgIpc) is 2.36. The predicted molar refractivity (Wildman–Crippen MR) is 30.5 cm³/mol. The molecule has 0 bridgehead atoms. The maximum Gasteiger partial charge on any atom is 0.0883 e. The molecule has 44 valence electrons. The largest absolute Gasteiger partial charge is 0.283 e. The van der Waals surface area contributed by atoms with Crippen LogP contribution in [-0.2, 0) is 0 Å². The summed E-state index contributed by atoms with van der Waals surface area (Å²) >= 11 is 0. The molecule has 0 aromatic carbocycles. The Hall–Kier alpha value is -0.0800. The molecular weight excluding hydrogens is 100 g/mol. The zero-order chi connectivity index (χ0) is 5.19. The number of nitrogens with zero attached hydrogens (tertiary/aromatic N) is 2. The van der Waals surface area contributed by atoms with Crippen LogP contribution < -0.4 is 0 Å². The van der Waals surface area contributed by atoms with Crippen molar-refractivity contribution in [1.29, 1.82) is 0 Å². The third kappa shape index (κ3) is 0.213. The normalized spacial score (nSPS) is 59.2. The first-order chi connectivity index (χ1) is 3.92. The van der Waals surface area contributed by atoms with Crippen molar-refractivity contribution < 1.29 is 0 Å². The van der Waals surface area contributed by atoms with Crippen molar-refractivity contribution in [2.75, 3.05) is 26.2 Å². The van der Waals surface area contributed by atoms with Gasteiger partial charge in [-0.05, 0) is 6.42 Å². The summed E-state index contributed by atoms with van der Waals surface area (Å²) in [6, 6.07) is 0. The fraction of sp³-hybridized carbons (Fsp3) is 1.00. The Morgan fingerprint density at radius 3 is 2.12 bits per heavy atom. The Morgan fingerprint density at radius 1 is 1.00 bits per heavy atom. The van der Waals surface area contributed by atoms with Gasteiger partial charge in [0.1, 0.15) is 0 Å². The Morgan fingerprint density at radius 2 is 1.88 bits per heavy atom. The maximum absolute atomic E-state index is 2.60. The van der Waals surface area contributed by atoms with Gasteiger partial charge in [0.05, 0.1) is 5.66 Å². The molecular formula is C6H10N2. The highest BCUT2D eigenvalue weighted by molar-refractivity contribution is 5.17. The van der Waals surface area contributed by atoms with Crippen LogP contribution in [0.3, 0.4) is 0 Å². The van der Waals surface area contributed by atoms with Crippen molar-refractivity contribution in [3.05, 3.63) is 0 Å². The van der Waals surface area contributed by atoms with E-state index in [0.717, 1.165) is 0 Å². The Kier molecular flexibility index (Phi) is 0.408. The monoisotopic (exact) mass is 110 g/mol. The Bertz CT molecular complexity index is 139. The lowest BCUT2D eigenvalue weighted by Crippen LogP contribution is -2.49. The van der Waals surface area contributed by atoms with Gasteiger partial charge >= 0.3 is 0 Å². The van der Waals surface area contributed by atoms with Crippen LogP contribution in [-0.4, -0.2) is 41.6 Å². The van der Waals surface area contributed by atoms with Gasteiger partial charge in [0.15, 0.2) is 0 Å². The lowest BCUT2D eigenvalue weighted by molar-refractivity contribution is 0.0866. The van der Waals surface area contributed by atoms with Crippen LogP contribution in [0.25, 0.3) is 0 Å². The zero-order valence-corrected chi connectivity index (χ0v) is 4.93. The van der Waals surface area contributed by atoms with Gasteiger partial charge in [0.25, 0.3) is 0 Å². The first-order valence-corrected chi connectivity index (χ1v) is 3.42. The third-order valence-electron chi connectivity index (χ3n) is 2.94. The smallest absolute Gasteiger partial charge is 0.0883 e. The lowest BCUT2D eigenvalue weighted by atomic mass is 10.1. The summed E-state index contributed by atoms with van der Waals surface area (Å²) in [6.07, 6.45) is 1.45. The molecule has 2 unspecified atom stereocenters.